The van der Waals surface area contributed by atoms with E-state index >= 15 is 8.78 Å². The van der Waals surface area contributed by atoms with Gasteiger partial charge >= 0.3 is 0 Å². The summed E-state index contributed by atoms with van der Waals surface area (Å²) < 4.78 is 39.6. The minimum Gasteiger partial charge on any atom is -0.382 e. The Bertz CT molecular complexity index is 1660. The van der Waals surface area contributed by atoms with Crippen molar-refractivity contribution in [1.82, 2.24) is 19.8 Å². The van der Waals surface area contributed by atoms with Gasteiger partial charge in [-0.15, -0.1) is 0 Å². The number of benzene rings is 2. The molecule has 0 bridgehead atoms. The van der Waals surface area contributed by atoms with Crippen LogP contribution in [0.25, 0.3) is 0 Å². The van der Waals surface area contributed by atoms with Crippen LogP contribution in [0.4, 0.5) is 8.78 Å². The maximum atomic E-state index is 16.5. The molecule has 3 heterocycles. The van der Waals surface area contributed by atoms with Crippen molar-refractivity contribution in [1.29, 1.82) is 5.26 Å². The summed E-state index contributed by atoms with van der Waals surface area (Å²) in [5.74, 6) is -1.19. The van der Waals surface area contributed by atoms with Gasteiger partial charge in [0.05, 0.1) is 28.6 Å². The number of hydrogen-bond donors (Lipinski definition) is 1. The molecule has 0 radical (unpaired) electrons. The predicted molar refractivity (Wildman–Crippen MR) is 163 cm³/mol. The number of likely N-dealkylation sites (tertiary alicyclic amines) is 1. The molecule has 45 heavy (non-hydrogen) atoms. The second kappa shape index (κ2) is 11.9. The topological polar surface area (TPSA) is 103 Å². The summed E-state index contributed by atoms with van der Waals surface area (Å²) in [4.78, 5) is 25.8. The van der Waals surface area contributed by atoms with E-state index in [9.17, 15) is 15.2 Å². The van der Waals surface area contributed by atoms with E-state index in [-0.39, 0.29) is 48.3 Å². The average molecular weight is 657 g/mol. The number of carbonyl (C=O) groups excluding carboxylic acids is 1. The zero-order valence-electron chi connectivity index (χ0n) is 24.9. The lowest BCUT2D eigenvalue weighted by Crippen LogP contribution is -2.54. The maximum Gasteiger partial charge on any atom is 0.257 e. The number of aromatic nitrogens is 2. The molecule has 1 saturated carbocycles. The Kier molecular flexibility index (Phi) is 8.38. The summed E-state index contributed by atoms with van der Waals surface area (Å²) in [6, 6.07) is 11.8. The van der Waals surface area contributed by atoms with Crippen LogP contribution < -0.4 is 0 Å². The summed E-state index contributed by atoms with van der Waals surface area (Å²) in [5, 5.41) is 22.8. The molecular formula is C33H33Cl2F2N5O3. The normalized spacial score (nSPS) is 22.4. The highest BCUT2D eigenvalue weighted by Gasteiger charge is 2.56. The van der Waals surface area contributed by atoms with Crippen LogP contribution in [0.3, 0.4) is 0 Å². The molecule has 6 rings (SSSR count). The van der Waals surface area contributed by atoms with Gasteiger partial charge in [0.15, 0.2) is 6.23 Å². The largest absolute Gasteiger partial charge is 0.382 e. The Labute approximate surface area is 270 Å². The van der Waals surface area contributed by atoms with Crippen molar-refractivity contribution < 1.29 is 23.4 Å². The summed E-state index contributed by atoms with van der Waals surface area (Å²) in [6.07, 6.45) is 1.84. The predicted octanol–water partition coefficient (Wildman–Crippen LogP) is 6.67. The molecule has 1 N–H and O–H groups in total. The van der Waals surface area contributed by atoms with Crippen molar-refractivity contribution in [2.75, 3.05) is 20.1 Å². The maximum absolute atomic E-state index is 16.5. The lowest BCUT2D eigenvalue weighted by Gasteiger charge is -2.45. The monoisotopic (exact) mass is 655 g/mol. The molecule has 236 valence electrons. The zero-order valence-corrected chi connectivity index (χ0v) is 26.5. The average Bonchev–Trinajstić information content (AvgIpc) is 3.78. The summed E-state index contributed by atoms with van der Waals surface area (Å²) in [6.45, 7) is 2.35. The SMILES string of the molecule is CCC(O)(c1cc(F)c2c(c1)C(=O)N(Cc1ncc(Cl)cn1)[C@@H]2OC(c1cccc(Cl)c1)C1(C#N)CC1)C1(F)CCN(C)CC1. The molecular weight excluding hydrogens is 623 g/mol. The number of nitriles is 1. The van der Waals surface area contributed by atoms with Crippen LogP contribution in [0.2, 0.25) is 10.0 Å². The Morgan fingerprint density at radius 3 is 2.44 bits per heavy atom. The minimum absolute atomic E-state index is 0.00734. The lowest BCUT2D eigenvalue weighted by atomic mass is 9.71. The highest BCUT2D eigenvalue weighted by atomic mass is 35.5. The molecule has 2 aromatic carbocycles. The van der Waals surface area contributed by atoms with Crippen molar-refractivity contribution in [3.8, 4) is 6.07 Å². The smallest absolute Gasteiger partial charge is 0.257 e. The van der Waals surface area contributed by atoms with E-state index in [4.69, 9.17) is 27.9 Å². The molecule has 3 atom stereocenters. The van der Waals surface area contributed by atoms with Crippen LogP contribution in [0, 0.1) is 22.6 Å². The highest BCUT2D eigenvalue weighted by Crippen LogP contribution is 2.58. The second-order valence-corrected chi connectivity index (χ2v) is 13.2. The summed E-state index contributed by atoms with van der Waals surface area (Å²) in [5.41, 5.74) is -4.46. The number of aliphatic hydroxyl groups is 1. The quantitative estimate of drug-likeness (QED) is 0.275. The first-order chi connectivity index (χ1) is 21.4. The number of rotatable bonds is 9. The third-order valence-corrected chi connectivity index (χ3v) is 10.0. The molecule has 3 aliphatic rings. The van der Waals surface area contributed by atoms with Gasteiger partial charge in [-0.3, -0.25) is 4.79 Å². The van der Waals surface area contributed by atoms with Crippen molar-refractivity contribution in [2.45, 2.75) is 69.2 Å². The molecule has 2 aliphatic heterocycles. The van der Waals surface area contributed by atoms with Crippen LogP contribution in [-0.4, -0.2) is 56.6 Å². The first-order valence-corrected chi connectivity index (χ1v) is 15.7. The van der Waals surface area contributed by atoms with Crippen LogP contribution >= 0.6 is 23.2 Å². The zero-order chi connectivity index (χ0) is 32.1. The van der Waals surface area contributed by atoms with Gasteiger partial charge in [0, 0.05) is 36.1 Å². The molecule has 1 aromatic heterocycles. The van der Waals surface area contributed by atoms with Gasteiger partial charge in [0.1, 0.15) is 29.0 Å². The van der Waals surface area contributed by atoms with Crippen molar-refractivity contribution in [3.63, 3.8) is 0 Å². The number of alkyl halides is 1. The highest BCUT2D eigenvalue weighted by molar-refractivity contribution is 6.30. The number of fused-ring (bicyclic) bond motifs is 1. The summed E-state index contributed by atoms with van der Waals surface area (Å²) >= 11 is 12.3. The van der Waals surface area contributed by atoms with Crippen molar-refractivity contribution >= 4 is 29.1 Å². The van der Waals surface area contributed by atoms with E-state index in [2.05, 4.69) is 16.0 Å². The molecule has 2 unspecified atom stereocenters. The van der Waals surface area contributed by atoms with E-state index in [1.165, 1.54) is 23.4 Å². The van der Waals surface area contributed by atoms with Gasteiger partial charge in [0.25, 0.3) is 5.91 Å². The fourth-order valence-electron chi connectivity index (χ4n) is 6.63. The van der Waals surface area contributed by atoms with E-state index in [1.54, 1.807) is 31.2 Å². The number of carbonyl (C=O) groups is 1. The third kappa shape index (κ3) is 5.59. The van der Waals surface area contributed by atoms with Gasteiger partial charge in [-0.05, 0) is 74.5 Å². The van der Waals surface area contributed by atoms with E-state index in [0.717, 1.165) is 6.07 Å². The number of halogens is 4. The fraction of sp³-hybridized carbons (Fsp3) is 0.455. The van der Waals surface area contributed by atoms with Gasteiger partial charge in [-0.1, -0.05) is 42.3 Å². The van der Waals surface area contributed by atoms with E-state index < -0.39 is 40.7 Å². The molecule has 1 aliphatic carbocycles. The standard InChI is InChI=1S/C33H33Cl2F2N5O3/c1-3-33(44,32(37)9-11-41(2)12-10-32)21-14-24-27(25(36)15-21)30(42(29(24)43)18-26-39-16-23(35)17-40-26)45-28(31(19-38)7-8-31)20-5-4-6-22(34)13-20/h4-6,13-17,28,30,44H,3,7-12,18H2,1-2H3/t28?,30-,33?/m1/s1. The number of hydrogen-bond acceptors (Lipinski definition) is 7. The van der Waals surface area contributed by atoms with Crippen LogP contribution in [-0.2, 0) is 16.9 Å². The lowest BCUT2D eigenvalue weighted by molar-refractivity contribution is -0.136. The second-order valence-electron chi connectivity index (χ2n) is 12.3. The minimum atomic E-state index is -2.03. The van der Waals surface area contributed by atoms with E-state index in [1.807, 2.05) is 11.9 Å². The number of amides is 1. The molecule has 0 spiro atoms. The third-order valence-electron chi connectivity index (χ3n) is 9.58. The van der Waals surface area contributed by atoms with Gasteiger partial charge in [-0.2, -0.15) is 5.26 Å². The first kappa shape index (κ1) is 31.8. The van der Waals surface area contributed by atoms with Crippen molar-refractivity contribution in [2.24, 2.45) is 5.41 Å². The number of piperidine rings is 1. The molecule has 1 saturated heterocycles. The molecule has 12 heteroatoms. The molecule has 1 amide bonds. The van der Waals surface area contributed by atoms with Crippen LogP contribution in [0.5, 0.6) is 0 Å². The number of nitrogens with zero attached hydrogens (tertiary/aromatic N) is 5. The van der Waals surface area contributed by atoms with E-state index in [0.29, 0.717) is 41.5 Å². The Morgan fingerprint density at radius 1 is 1.16 bits per heavy atom. The fourth-order valence-corrected chi connectivity index (χ4v) is 6.93. The molecule has 3 aromatic rings. The van der Waals surface area contributed by atoms with Gasteiger partial charge in [-0.25, -0.2) is 18.7 Å². The first-order valence-electron chi connectivity index (χ1n) is 15.0. The number of ether oxygens (including phenoxy) is 1. The van der Waals surface area contributed by atoms with Crippen LogP contribution in [0.15, 0.2) is 48.8 Å². The molecule has 8 nitrogen and oxygen atoms in total. The van der Waals surface area contributed by atoms with Gasteiger partial charge in [0.2, 0.25) is 0 Å². The summed E-state index contributed by atoms with van der Waals surface area (Å²) in [7, 11) is 1.88. The molecule has 2 fully saturated rings. The van der Waals surface area contributed by atoms with Crippen LogP contribution in [0.1, 0.15) is 84.2 Å². The Hall–Kier alpha value is -3.20. The Balaban J connectivity index is 1.45. The Morgan fingerprint density at radius 2 is 1.84 bits per heavy atom. The van der Waals surface area contributed by atoms with Gasteiger partial charge < -0.3 is 19.6 Å². The van der Waals surface area contributed by atoms with Crippen molar-refractivity contribution in [3.05, 3.63) is 92.7 Å².